The molecule has 3 saturated carbocycles. The molecule has 4 fully saturated rings. The van der Waals surface area contributed by atoms with E-state index in [-0.39, 0.29) is 24.8 Å². The van der Waals surface area contributed by atoms with Gasteiger partial charge in [0, 0.05) is 33.5 Å². The van der Waals surface area contributed by atoms with Crippen LogP contribution in [0.25, 0.3) is 0 Å². The number of likely N-dealkylation sites (N-methyl/N-ethyl adjacent to an activating group) is 1. The molecule has 1 aliphatic heterocycles. The number of hydrogen-bond acceptors (Lipinski definition) is 8. The second-order valence-electron chi connectivity index (χ2n) is 17.1. The summed E-state index contributed by atoms with van der Waals surface area (Å²) in [6.07, 6.45) is 3.60. The number of alkyl carbamates (subject to hydrolysis) is 1. The highest BCUT2D eigenvalue weighted by Crippen LogP contribution is 2.50. The largest absolute Gasteiger partial charge is 0.444 e. The number of alkyl halides is 2. The number of rotatable bonds is 14. The molecule has 6 atom stereocenters. The smallest absolute Gasteiger partial charge is 0.408 e. The molecule has 6 amide bonds. The lowest BCUT2D eigenvalue weighted by Gasteiger charge is -2.36. The normalized spacial score (nSPS) is 23.5. The van der Waals surface area contributed by atoms with Gasteiger partial charge >= 0.3 is 6.09 Å². The Balaban J connectivity index is 1.31. The van der Waals surface area contributed by atoms with E-state index in [2.05, 4.69) is 21.3 Å². The van der Waals surface area contributed by atoms with Crippen molar-refractivity contribution in [2.24, 2.45) is 23.7 Å². The third-order valence-corrected chi connectivity index (χ3v) is 11.1. The van der Waals surface area contributed by atoms with E-state index in [0.29, 0.717) is 18.4 Å². The van der Waals surface area contributed by atoms with E-state index in [0.717, 1.165) is 32.1 Å². The number of carbonyl (C=O) groups excluding carboxylic acids is 7. The van der Waals surface area contributed by atoms with E-state index in [1.807, 2.05) is 0 Å². The van der Waals surface area contributed by atoms with Crippen molar-refractivity contribution in [3.8, 4) is 0 Å². The topological polar surface area (TPSA) is 183 Å². The van der Waals surface area contributed by atoms with Crippen molar-refractivity contribution < 1.29 is 47.1 Å². The van der Waals surface area contributed by atoms with Gasteiger partial charge < -0.3 is 35.8 Å². The van der Waals surface area contributed by atoms with Gasteiger partial charge in [0.05, 0.1) is 12.6 Å². The lowest BCUT2D eigenvalue weighted by molar-refractivity contribution is -0.145. The maximum Gasteiger partial charge on any atom is 0.408 e. The number of nitrogens with zero attached hydrogens (tertiary/aromatic N) is 2. The number of hydrogen-bond donors (Lipinski definition) is 4. The Bertz CT molecular complexity index is 1640. The number of benzene rings is 1. The minimum absolute atomic E-state index is 0.0302. The predicted molar refractivity (Wildman–Crippen MR) is 200 cm³/mol. The number of likely N-dealkylation sites (tertiary alicyclic amines) is 1. The number of halogens is 2. The average Bonchev–Trinajstić information content (AvgIpc) is 3.82. The molecule has 14 nitrogen and oxygen atoms in total. The first-order valence-corrected chi connectivity index (χ1v) is 19.7. The van der Waals surface area contributed by atoms with Crippen LogP contribution in [0.15, 0.2) is 30.3 Å². The van der Waals surface area contributed by atoms with Gasteiger partial charge in [0.25, 0.3) is 5.91 Å². The predicted octanol–water partition coefficient (Wildman–Crippen LogP) is 3.25. The third kappa shape index (κ3) is 11.0. The van der Waals surface area contributed by atoms with Crippen molar-refractivity contribution >= 4 is 41.4 Å². The van der Waals surface area contributed by atoms with Gasteiger partial charge in [-0.3, -0.25) is 28.8 Å². The maximum absolute atomic E-state index is 14.8. The molecule has 0 spiro atoms. The number of amides is 6. The molecule has 0 bridgehead atoms. The number of carbonyl (C=O) groups is 7. The highest BCUT2D eigenvalue weighted by molar-refractivity contribution is 6.38. The van der Waals surface area contributed by atoms with Gasteiger partial charge in [-0.15, -0.1) is 0 Å². The Morgan fingerprint density at radius 1 is 0.911 bits per heavy atom. The summed E-state index contributed by atoms with van der Waals surface area (Å²) in [5.74, 6) is -9.63. The zero-order valence-corrected chi connectivity index (χ0v) is 32.9. The van der Waals surface area contributed by atoms with Gasteiger partial charge in [0.2, 0.25) is 35.3 Å². The first kappa shape index (κ1) is 42.5. The Hall–Kier alpha value is -4.63. The molecule has 5 rings (SSSR count). The molecule has 1 saturated heterocycles. The van der Waals surface area contributed by atoms with E-state index >= 15 is 0 Å². The van der Waals surface area contributed by atoms with E-state index < -0.39 is 108 Å². The second-order valence-corrected chi connectivity index (χ2v) is 17.1. The molecule has 4 N–H and O–H groups in total. The summed E-state index contributed by atoms with van der Waals surface area (Å²) in [7, 11) is 3.07. The van der Waals surface area contributed by atoms with Crippen LogP contribution in [-0.4, -0.2) is 108 Å². The zero-order chi connectivity index (χ0) is 40.9. The van der Waals surface area contributed by atoms with Crippen LogP contribution in [0.2, 0.25) is 0 Å². The van der Waals surface area contributed by atoms with Gasteiger partial charge in [0.15, 0.2) is 0 Å². The fraction of sp³-hybridized carbons (Fsp3) is 0.675. The highest BCUT2D eigenvalue weighted by atomic mass is 19.3. The summed E-state index contributed by atoms with van der Waals surface area (Å²) in [6, 6.07) is 3.68. The molecular weight excluding hydrogens is 730 g/mol. The van der Waals surface area contributed by atoms with Gasteiger partial charge in [-0.25, -0.2) is 13.6 Å². The van der Waals surface area contributed by atoms with E-state index in [1.165, 1.54) is 23.9 Å². The number of fused-ring (bicyclic) bond motifs is 1. The maximum atomic E-state index is 14.8. The minimum atomic E-state index is -3.05. The van der Waals surface area contributed by atoms with Crippen LogP contribution in [0.3, 0.4) is 0 Å². The monoisotopic (exact) mass is 786 g/mol. The molecule has 56 heavy (non-hydrogen) atoms. The molecule has 1 heterocycles. The first-order chi connectivity index (χ1) is 26.3. The van der Waals surface area contributed by atoms with Crippen LogP contribution in [0, 0.1) is 23.7 Å². The number of nitrogens with one attached hydrogen (secondary N) is 4. The van der Waals surface area contributed by atoms with Crippen LogP contribution in [0.5, 0.6) is 0 Å². The number of ketones is 1. The average molecular weight is 787 g/mol. The number of Topliss-reactive ketones (excluding diaryl/α,β-unsaturated/α-hetero) is 1. The SMILES string of the molecule is CN(C)C(=O)[C@@H](NC(=O)CNC(=O)C(=O)C(CC1CC1)NC(=O)[C@@H]1[C@H]2CC(F)(F)C[C@H]2CN1C(=O)[C@@H](NC(=O)OC(C)(C)C)C1CCCCC1)c1ccccc1. The van der Waals surface area contributed by atoms with E-state index in [4.69, 9.17) is 4.74 Å². The molecule has 1 aromatic rings. The summed E-state index contributed by atoms with van der Waals surface area (Å²) >= 11 is 0. The van der Waals surface area contributed by atoms with Crippen LogP contribution >= 0.6 is 0 Å². The third-order valence-electron chi connectivity index (χ3n) is 11.1. The molecule has 4 aliphatic rings. The van der Waals surface area contributed by atoms with Gasteiger partial charge in [-0.05, 0) is 69.3 Å². The fourth-order valence-electron chi connectivity index (χ4n) is 8.31. The lowest BCUT2D eigenvalue weighted by atomic mass is 9.83. The first-order valence-electron chi connectivity index (χ1n) is 19.7. The minimum Gasteiger partial charge on any atom is -0.444 e. The summed E-state index contributed by atoms with van der Waals surface area (Å²) in [5, 5.41) is 10.3. The Morgan fingerprint density at radius 2 is 1.57 bits per heavy atom. The van der Waals surface area contributed by atoms with Crippen molar-refractivity contribution in [1.82, 2.24) is 31.1 Å². The molecule has 0 radical (unpaired) electrons. The summed E-state index contributed by atoms with van der Waals surface area (Å²) in [4.78, 5) is 96.9. The van der Waals surface area contributed by atoms with Crippen molar-refractivity contribution in [3.63, 3.8) is 0 Å². The Kier molecular flexibility index (Phi) is 13.4. The van der Waals surface area contributed by atoms with Gasteiger partial charge in [0.1, 0.15) is 23.7 Å². The molecule has 1 aromatic carbocycles. The van der Waals surface area contributed by atoms with Crippen molar-refractivity contribution in [3.05, 3.63) is 35.9 Å². The molecular formula is C40H56F2N6O8. The number of ether oxygens (including phenoxy) is 1. The molecule has 3 aliphatic carbocycles. The standard InChI is InChI=1S/C40H56F2N6O8/c1-39(2,3)56-38(55)46-31(25-14-10-7-11-15-25)37(54)48-22-26-19-40(41,42)20-27(26)32(48)34(51)44-28(18-23-16-17-23)33(50)35(52)43-21-29(49)45-30(36(53)47(4)5)24-12-8-6-9-13-24/h6,8-9,12-13,23,25-28,30-32H,7,10-11,14-22H2,1-5H3,(H,43,52)(H,44,51)(H,45,49)(H,46,55)/t26-,27-,28?,30-,31-,32-/m0/s1. The van der Waals surface area contributed by atoms with Crippen LogP contribution in [0.1, 0.15) is 96.6 Å². The van der Waals surface area contributed by atoms with Crippen molar-refractivity contribution in [2.75, 3.05) is 27.2 Å². The zero-order valence-electron chi connectivity index (χ0n) is 32.9. The van der Waals surface area contributed by atoms with E-state index in [1.54, 1.807) is 51.1 Å². The summed E-state index contributed by atoms with van der Waals surface area (Å²) < 4.78 is 35.1. The van der Waals surface area contributed by atoms with Gasteiger partial charge in [-0.1, -0.05) is 62.4 Å². The quantitative estimate of drug-likeness (QED) is 0.207. The van der Waals surface area contributed by atoms with Crippen LogP contribution < -0.4 is 21.3 Å². The Morgan fingerprint density at radius 3 is 2.18 bits per heavy atom. The van der Waals surface area contributed by atoms with Crippen LogP contribution in [0.4, 0.5) is 13.6 Å². The highest BCUT2D eigenvalue weighted by Gasteiger charge is 2.59. The second kappa shape index (κ2) is 17.7. The summed E-state index contributed by atoms with van der Waals surface area (Å²) in [6.45, 7) is 4.30. The Labute approximate surface area is 326 Å². The summed E-state index contributed by atoms with van der Waals surface area (Å²) in [5.41, 5.74) is -0.334. The van der Waals surface area contributed by atoms with Crippen molar-refractivity contribution in [2.45, 2.75) is 121 Å². The van der Waals surface area contributed by atoms with E-state index in [9.17, 15) is 42.3 Å². The molecule has 0 aromatic heterocycles. The van der Waals surface area contributed by atoms with Gasteiger partial charge in [-0.2, -0.15) is 0 Å². The molecule has 308 valence electrons. The van der Waals surface area contributed by atoms with Crippen molar-refractivity contribution in [1.29, 1.82) is 0 Å². The van der Waals surface area contributed by atoms with Crippen LogP contribution in [-0.2, 0) is 33.5 Å². The fourth-order valence-corrected chi connectivity index (χ4v) is 8.31. The lowest BCUT2D eigenvalue weighted by Crippen LogP contribution is -2.59. The molecule has 1 unspecified atom stereocenters. The molecule has 16 heteroatoms.